The molecule has 3 atom stereocenters. The van der Waals surface area contributed by atoms with E-state index >= 15 is 0 Å². The van der Waals surface area contributed by atoms with Crippen molar-refractivity contribution < 1.29 is 0 Å². The number of hydrogen-bond acceptors (Lipinski definition) is 2. The summed E-state index contributed by atoms with van der Waals surface area (Å²) in [5, 5.41) is 3.70. The third-order valence-electron chi connectivity index (χ3n) is 3.44. The lowest BCUT2D eigenvalue weighted by molar-refractivity contribution is 0.313. The van der Waals surface area contributed by atoms with Gasteiger partial charge >= 0.3 is 0 Å². The minimum atomic E-state index is 0.784. The van der Waals surface area contributed by atoms with E-state index in [0.717, 1.165) is 24.4 Å². The van der Waals surface area contributed by atoms with Crippen molar-refractivity contribution in [1.82, 2.24) is 5.32 Å². The Morgan fingerprint density at radius 2 is 2.20 bits per heavy atom. The predicted octanol–water partition coefficient (Wildman–Crippen LogP) is 3.54. The van der Waals surface area contributed by atoms with Crippen LogP contribution in [0.5, 0.6) is 0 Å². The molecule has 2 heteroatoms. The molecule has 1 fully saturated rings. The van der Waals surface area contributed by atoms with E-state index in [4.69, 9.17) is 0 Å². The van der Waals surface area contributed by atoms with Crippen LogP contribution < -0.4 is 5.32 Å². The summed E-state index contributed by atoms with van der Waals surface area (Å²) in [6, 6.07) is 0.784. The molecule has 0 radical (unpaired) electrons. The van der Waals surface area contributed by atoms with Crippen molar-refractivity contribution in [2.75, 3.05) is 18.1 Å². The van der Waals surface area contributed by atoms with E-state index < -0.39 is 0 Å². The minimum Gasteiger partial charge on any atom is -0.314 e. The SMILES string of the molecule is CCCC(C)CC(NCC)C1CCSC1. The van der Waals surface area contributed by atoms with Gasteiger partial charge in [0.2, 0.25) is 0 Å². The molecule has 0 aliphatic carbocycles. The molecule has 0 aromatic heterocycles. The third kappa shape index (κ3) is 4.78. The lowest BCUT2D eigenvalue weighted by Gasteiger charge is -2.26. The summed E-state index contributed by atoms with van der Waals surface area (Å²) in [7, 11) is 0. The summed E-state index contributed by atoms with van der Waals surface area (Å²) in [5.74, 6) is 4.60. The minimum absolute atomic E-state index is 0.784. The average Bonchev–Trinajstić information content (AvgIpc) is 2.70. The molecule has 1 heterocycles. The van der Waals surface area contributed by atoms with E-state index in [2.05, 4.69) is 37.8 Å². The van der Waals surface area contributed by atoms with E-state index in [9.17, 15) is 0 Å². The highest BCUT2D eigenvalue weighted by atomic mass is 32.2. The Morgan fingerprint density at radius 1 is 1.40 bits per heavy atom. The van der Waals surface area contributed by atoms with Gasteiger partial charge < -0.3 is 5.32 Å². The molecule has 0 bridgehead atoms. The van der Waals surface area contributed by atoms with Gasteiger partial charge in [-0.1, -0.05) is 33.6 Å². The fourth-order valence-electron chi connectivity index (χ4n) is 2.62. The Hall–Kier alpha value is 0.310. The summed E-state index contributed by atoms with van der Waals surface area (Å²) in [6.45, 7) is 8.07. The van der Waals surface area contributed by atoms with Crippen molar-refractivity contribution in [2.24, 2.45) is 11.8 Å². The van der Waals surface area contributed by atoms with Gasteiger partial charge in [0.1, 0.15) is 0 Å². The van der Waals surface area contributed by atoms with E-state index in [1.165, 1.54) is 37.2 Å². The first kappa shape index (κ1) is 13.4. The Bertz CT molecular complexity index is 155. The Labute approximate surface area is 99.8 Å². The van der Waals surface area contributed by atoms with E-state index in [-0.39, 0.29) is 0 Å². The third-order valence-corrected chi connectivity index (χ3v) is 4.63. The van der Waals surface area contributed by atoms with Crippen LogP contribution in [0.4, 0.5) is 0 Å². The summed E-state index contributed by atoms with van der Waals surface area (Å²) in [5.41, 5.74) is 0. The fraction of sp³-hybridized carbons (Fsp3) is 1.00. The van der Waals surface area contributed by atoms with Crippen molar-refractivity contribution in [3.63, 3.8) is 0 Å². The predicted molar refractivity (Wildman–Crippen MR) is 71.6 cm³/mol. The van der Waals surface area contributed by atoms with Crippen LogP contribution >= 0.6 is 11.8 Å². The summed E-state index contributed by atoms with van der Waals surface area (Å²) in [4.78, 5) is 0. The zero-order chi connectivity index (χ0) is 11.1. The molecule has 0 amide bonds. The lowest BCUT2D eigenvalue weighted by Crippen LogP contribution is -2.37. The molecule has 90 valence electrons. The van der Waals surface area contributed by atoms with E-state index in [0.29, 0.717) is 0 Å². The highest BCUT2D eigenvalue weighted by Gasteiger charge is 2.25. The topological polar surface area (TPSA) is 12.0 Å². The maximum atomic E-state index is 3.70. The van der Waals surface area contributed by atoms with E-state index in [1.807, 2.05) is 0 Å². The molecule has 3 unspecified atom stereocenters. The average molecular weight is 229 g/mol. The molecule has 1 aliphatic rings. The van der Waals surface area contributed by atoms with E-state index in [1.54, 1.807) is 0 Å². The molecule has 1 rings (SSSR count). The highest BCUT2D eigenvalue weighted by molar-refractivity contribution is 7.99. The van der Waals surface area contributed by atoms with Crippen molar-refractivity contribution in [1.29, 1.82) is 0 Å². The fourth-order valence-corrected chi connectivity index (χ4v) is 3.96. The number of thioether (sulfide) groups is 1. The maximum Gasteiger partial charge on any atom is 0.0106 e. The zero-order valence-corrected chi connectivity index (χ0v) is 11.4. The molecule has 0 aromatic carbocycles. The van der Waals surface area contributed by atoms with Gasteiger partial charge in [-0.15, -0.1) is 0 Å². The van der Waals surface area contributed by atoms with Gasteiger partial charge in [0, 0.05) is 6.04 Å². The summed E-state index contributed by atoms with van der Waals surface area (Å²) >= 11 is 2.14. The highest BCUT2D eigenvalue weighted by Crippen LogP contribution is 2.29. The van der Waals surface area contributed by atoms with Crippen molar-refractivity contribution in [3.8, 4) is 0 Å². The van der Waals surface area contributed by atoms with Crippen LogP contribution in [-0.4, -0.2) is 24.1 Å². The molecular formula is C13H27NS. The summed E-state index contributed by atoms with van der Waals surface area (Å²) < 4.78 is 0. The Kier molecular flexibility index (Phi) is 6.74. The van der Waals surface area contributed by atoms with Crippen molar-refractivity contribution in [3.05, 3.63) is 0 Å². The lowest BCUT2D eigenvalue weighted by atomic mass is 9.89. The molecule has 1 nitrogen and oxygen atoms in total. The molecule has 1 aliphatic heterocycles. The van der Waals surface area contributed by atoms with Crippen LogP contribution in [0, 0.1) is 11.8 Å². The van der Waals surface area contributed by atoms with Gasteiger partial charge in [-0.2, -0.15) is 11.8 Å². The quantitative estimate of drug-likeness (QED) is 0.716. The van der Waals surface area contributed by atoms with Crippen LogP contribution in [0.15, 0.2) is 0 Å². The second kappa shape index (κ2) is 7.56. The van der Waals surface area contributed by atoms with Gasteiger partial charge in [0.05, 0.1) is 0 Å². The summed E-state index contributed by atoms with van der Waals surface area (Å²) in [6.07, 6.45) is 5.54. The van der Waals surface area contributed by atoms with Crippen LogP contribution in [0.2, 0.25) is 0 Å². The van der Waals surface area contributed by atoms with Gasteiger partial charge in [0.15, 0.2) is 0 Å². The monoisotopic (exact) mass is 229 g/mol. The molecule has 0 saturated carbocycles. The van der Waals surface area contributed by atoms with Gasteiger partial charge in [0.25, 0.3) is 0 Å². The zero-order valence-electron chi connectivity index (χ0n) is 10.6. The molecule has 1 saturated heterocycles. The first-order chi connectivity index (χ1) is 7.27. The van der Waals surface area contributed by atoms with Gasteiger partial charge in [-0.3, -0.25) is 0 Å². The van der Waals surface area contributed by atoms with Crippen LogP contribution in [0.3, 0.4) is 0 Å². The maximum absolute atomic E-state index is 3.70. The van der Waals surface area contributed by atoms with Crippen LogP contribution in [-0.2, 0) is 0 Å². The second-order valence-corrected chi connectivity index (χ2v) is 6.07. The normalized spacial score (nSPS) is 25.4. The molecule has 15 heavy (non-hydrogen) atoms. The van der Waals surface area contributed by atoms with Crippen molar-refractivity contribution in [2.45, 2.75) is 52.5 Å². The van der Waals surface area contributed by atoms with Gasteiger partial charge in [-0.05, 0) is 42.7 Å². The number of hydrogen-bond donors (Lipinski definition) is 1. The van der Waals surface area contributed by atoms with Crippen molar-refractivity contribution >= 4 is 11.8 Å². The van der Waals surface area contributed by atoms with Crippen LogP contribution in [0.1, 0.15) is 46.5 Å². The number of rotatable bonds is 7. The van der Waals surface area contributed by atoms with Crippen LogP contribution in [0.25, 0.3) is 0 Å². The standard InChI is InChI=1S/C13H27NS/c1-4-6-11(3)9-13(14-5-2)12-7-8-15-10-12/h11-14H,4-10H2,1-3H3. The largest absolute Gasteiger partial charge is 0.314 e. The molecule has 1 N–H and O–H groups in total. The molecule has 0 spiro atoms. The van der Waals surface area contributed by atoms with Gasteiger partial charge in [-0.25, -0.2) is 0 Å². The molecule has 0 aromatic rings. The Morgan fingerprint density at radius 3 is 2.73 bits per heavy atom. The molecular weight excluding hydrogens is 202 g/mol. The Balaban J connectivity index is 2.34. The smallest absolute Gasteiger partial charge is 0.0106 e. The first-order valence-corrected chi connectivity index (χ1v) is 7.74. The second-order valence-electron chi connectivity index (χ2n) is 4.92. The number of nitrogens with one attached hydrogen (secondary N) is 1. The first-order valence-electron chi connectivity index (χ1n) is 6.59.